The highest BCUT2D eigenvalue weighted by molar-refractivity contribution is 5.93. The van der Waals surface area contributed by atoms with Crippen LogP contribution in [-0.2, 0) is 4.79 Å². The summed E-state index contributed by atoms with van der Waals surface area (Å²) in [6.45, 7) is 4.82. The molecule has 1 amide bonds. The molecular weight excluding hydrogens is 363 g/mol. The molecule has 6 nitrogen and oxygen atoms in total. The number of benzene rings is 2. The average molecular weight is 390 g/mol. The van der Waals surface area contributed by atoms with Crippen LogP contribution in [0.4, 0.5) is 10.1 Å². The molecule has 0 aromatic heterocycles. The Bertz CT molecular complexity index is 770. The molecule has 2 rings (SSSR count). The lowest BCUT2D eigenvalue weighted by molar-refractivity contribution is -0.117. The van der Waals surface area contributed by atoms with Crippen LogP contribution in [0.15, 0.2) is 36.4 Å². The van der Waals surface area contributed by atoms with E-state index in [-0.39, 0.29) is 24.3 Å². The lowest BCUT2D eigenvalue weighted by atomic mass is 10.1. The predicted octanol–water partition coefficient (Wildman–Crippen LogP) is 3.87. The molecule has 0 radical (unpaired) electrons. The fraction of sp³-hybridized carbons (Fsp3) is 0.381. The molecule has 1 N–H and O–H groups in total. The first-order valence-electron chi connectivity index (χ1n) is 9.02. The summed E-state index contributed by atoms with van der Waals surface area (Å²) in [5.41, 5.74) is 1.49. The third-order valence-corrected chi connectivity index (χ3v) is 4.60. The SMILES string of the molecule is CCN(CC(=O)Nc1cc(OC)c(OC)c(OC)c1)[C@H](C)c1ccc(F)cc1. The van der Waals surface area contributed by atoms with E-state index in [4.69, 9.17) is 14.2 Å². The summed E-state index contributed by atoms with van der Waals surface area (Å²) >= 11 is 0. The maximum Gasteiger partial charge on any atom is 0.238 e. The summed E-state index contributed by atoms with van der Waals surface area (Å²) in [6, 6.07) is 9.65. The zero-order valence-electron chi connectivity index (χ0n) is 16.9. The summed E-state index contributed by atoms with van der Waals surface area (Å²) in [5, 5.41) is 2.87. The third-order valence-electron chi connectivity index (χ3n) is 4.60. The molecule has 0 spiro atoms. The Hall–Kier alpha value is -2.80. The van der Waals surface area contributed by atoms with Gasteiger partial charge in [-0.25, -0.2) is 4.39 Å². The van der Waals surface area contributed by atoms with Gasteiger partial charge in [-0.1, -0.05) is 19.1 Å². The number of halogens is 1. The lowest BCUT2D eigenvalue weighted by Gasteiger charge is -2.27. The molecule has 7 heteroatoms. The second-order valence-corrected chi connectivity index (χ2v) is 6.25. The minimum absolute atomic E-state index is 0.0312. The number of nitrogens with zero attached hydrogens (tertiary/aromatic N) is 1. The number of hydrogen-bond donors (Lipinski definition) is 1. The number of rotatable bonds is 9. The van der Waals surface area contributed by atoms with Crippen molar-refractivity contribution in [2.45, 2.75) is 19.9 Å². The molecule has 0 aliphatic carbocycles. The molecule has 2 aromatic carbocycles. The van der Waals surface area contributed by atoms with Gasteiger partial charge in [0.1, 0.15) is 5.82 Å². The summed E-state index contributed by atoms with van der Waals surface area (Å²) < 4.78 is 29.1. The zero-order valence-corrected chi connectivity index (χ0v) is 16.9. The molecule has 2 aromatic rings. The molecule has 0 aliphatic rings. The van der Waals surface area contributed by atoms with E-state index < -0.39 is 0 Å². The second kappa shape index (κ2) is 9.94. The quantitative estimate of drug-likeness (QED) is 0.704. The Balaban J connectivity index is 2.12. The Morgan fingerprint density at radius 3 is 2.11 bits per heavy atom. The Morgan fingerprint density at radius 2 is 1.64 bits per heavy atom. The second-order valence-electron chi connectivity index (χ2n) is 6.25. The first-order chi connectivity index (χ1) is 13.4. The summed E-state index contributed by atoms with van der Waals surface area (Å²) in [6.07, 6.45) is 0. The standard InChI is InChI=1S/C21H27FN2O4/c1-6-24(14(2)15-7-9-16(22)10-8-15)13-20(25)23-17-11-18(26-3)21(28-5)19(12-17)27-4/h7-12,14H,6,13H2,1-5H3,(H,23,25)/t14-/m1/s1. The molecule has 0 fully saturated rings. The summed E-state index contributed by atoms with van der Waals surface area (Å²) in [5.74, 6) is 0.931. The predicted molar refractivity (Wildman–Crippen MR) is 107 cm³/mol. The van der Waals surface area contributed by atoms with Gasteiger partial charge in [-0.2, -0.15) is 0 Å². The van der Waals surface area contributed by atoms with Gasteiger partial charge in [-0.3, -0.25) is 9.69 Å². The van der Waals surface area contributed by atoms with Crippen LogP contribution in [0.1, 0.15) is 25.5 Å². The molecule has 0 bridgehead atoms. The van der Waals surface area contributed by atoms with Gasteiger partial charge in [0.15, 0.2) is 11.5 Å². The van der Waals surface area contributed by atoms with Crippen LogP contribution in [0.2, 0.25) is 0 Å². The van der Waals surface area contributed by atoms with Crippen molar-refractivity contribution >= 4 is 11.6 Å². The van der Waals surface area contributed by atoms with Crippen molar-refractivity contribution in [2.75, 3.05) is 39.7 Å². The van der Waals surface area contributed by atoms with Crippen LogP contribution in [0, 0.1) is 5.82 Å². The van der Waals surface area contributed by atoms with Crippen LogP contribution >= 0.6 is 0 Å². The normalized spacial score (nSPS) is 11.8. The number of methoxy groups -OCH3 is 3. The minimum atomic E-state index is -0.279. The monoisotopic (exact) mass is 390 g/mol. The van der Waals surface area contributed by atoms with Gasteiger partial charge in [-0.05, 0) is 31.2 Å². The maximum absolute atomic E-state index is 13.2. The molecule has 1 atom stereocenters. The molecule has 28 heavy (non-hydrogen) atoms. The third kappa shape index (κ3) is 5.13. The number of nitrogens with one attached hydrogen (secondary N) is 1. The highest BCUT2D eigenvalue weighted by Gasteiger charge is 2.19. The fourth-order valence-electron chi connectivity index (χ4n) is 3.01. The van der Waals surface area contributed by atoms with Crippen LogP contribution < -0.4 is 19.5 Å². The summed E-state index contributed by atoms with van der Waals surface area (Å²) in [7, 11) is 4.56. The molecular formula is C21H27FN2O4. The molecule has 0 aliphatic heterocycles. The number of hydrogen-bond acceptors (Lipinski definition) is 5. The van der Waals surface area contributed by atoms with Crippen molar-refractivity contribution in [1.29, 1.82) is 0 Å². The Morgan fingerprint density at radius 1 is 1.07 bits per heavy atom. The van der Waals surface area contributed by atoms with E-state index >= 15 is 0 Å². The highest BCUT2D eigenvalue weighted by Crippen LogP contribution is 2.39. The van der Waals surface area contributed by atoms with Gasteiger partial charge in [0, 0.05) is 23.9 Å². The average Bonchev–Trinajstić information content (AvgIpc) is 2.71. The van der Waals surface area contributed by atoms with Crippen LogP contribution in [0.25, 0.3) is 0 Å². The number of carbonyl (C=O) groups excluding carboxylic acids is 1. The van der Waals surface area contributed by atoms with Gasteiger partial charge in [0.2, 0.25) is 11.7 Å². The van der Waals surface area contributed by atoms with E-state index in [0.717, 1.165) is 5.56 Å². The first kappa shape index (κ1) is 21.5. The molecule has 0 heterocycles. The van der Waals surface area contributed by atoms with Gasteiger partial charge in [0.05, 0.1) is 27.9 Å². The Kier molecular flexibility index (Phi) is 7.63. The van der Waals surface area contributed by atoms with Gasteiger partial charge in [-0.15, -0.1) is 0 Å². The highest BCUT2D eigenvalue weighted by atomic mass is 19.1. The van der Waals surface area contributed by atoms with Crippen molar-refractivity contribution < 1.29 is 23.4 Å². The van der Waals surface area contributed by atoms with Crippen molar-refractivity contribution in [3.05, 3.63) is 47.8 Å². The molecule has 0 saturated carbocycles. The van der Waals surface area contributed by atoms with E-state index in [1.54, 1.807) is 24.3 Å². The maximum atomic E-state index is 13.2. The van der Waals surface area contributed by atoms with Gasteiger partial charge >= 0.3 is 0 Å². The topological polar surface area (TPSA) is 60.0 Å². The van der Waals surface area contributed by atoms with Crippen LogP contribution in [0.5, 0.6) is 17.2 Å². The molecule has 0 saturated heterocycles. The number of ether oxygens (including phenoxy) is 3. The van der Waals surface area contributed by atoms with E-state index in [2.05, 4.69) is 5.32 Å². The fourth-order valence-corrected chi connectivity index (χ4v) is 3.01. The van der Waals surface area contributed by atoms with Crippen molar-refractivity contribution in [3.8, 4) is 17.2 Å². The van der Waals surface area contributed by atoms with Crippen LogP contribution in [-0.4, -0.2) is 45.2 Å². The van der Waals surface area contributed by atoms with Crippen molar-refractivity contribution in [3.63, 3.8) is 0 Å². The molecule has 152 valence electrons. The van der Waals surface area contributed by atoms with Gasteiger partial charge < -0.3 is 19.5 Å². The molecule has 0 unspecified atom stereocenters. The minimum Gasteiger partial charge on any atom is -0.493 e. The number of anilines is 1. The zero-order chi connectivity index (χ0) is 20.7. The number of likely N-dealkylation sites (N-methyl/N-ethyl adjacent to an activating group) is 1. The summed E-state index contributed by atoms with van der Waals surface area (Å²) in [4.78, 5) is 14.6. The van der Waals surface area contributed by atoms with E-state index in [0.29, 0.717) is 29.5 Å². The number of amides is 1. The van der Waals surface area contributed by atoms with Gasteiger partial charge in [0.25, 0.3) is 0 Å². The first-order valence-corrected chi connectivity index (χ1v) is 9.02. The Labute approximate surface area is 165 Å². The smallest absolute Gasteiger partial charge is 0.238 e. The van der Waals surface area contributed by atoms with Crippen molar-refractivity contribution in [2.24, 2.45) is 0 Å². The van der Waals surface area contributed by atoms with E-state index in [1.807, 2.05) is 18.7 Å². The van der Waals surface area contributed by atoms with Crippen molar-refractivity contribution in [1.82, 2.24) is 4.90 Å². The largest absolute Gasteiger partial charge is 0.493 e. The number of carbonyl (C=O) groups is 1. The van der Waals surface area contributed by atoms with E-state index in [1.165, 1.54) is 33.5 Å². The van der Waals surface area contributed by atoms with Crippen LogP contribution in [0.3, 0.4) is 0 Å². The lowest BCUT2D eigenvalue weighted by Crippen LogP contribution is -2.35. The van der Waals surface area contributed by atoms with E-state index in [9.17, 15) is 9.18 Å².